The minimum atomic E-state index is -0.787. The van der Waals surface area contributed by atoms with Gasteiger partial charge in [-0.2, -0.15) is 0 Å². The molecular formula is C32H22ClN3O6S. The van der Waals surface area contributed by atoms with Crippen LogP contribution < -0.4 is 14.9 Å². The van der Waals surface area contributed by atoms with E-state index < -0.39 is 16.9 Å². The highest BCUT2D eigenvalue weighted by Crippen LogP contribution is 2.35. The van der Waals surface area contributed by atoms with Crippen molar-refractivity contribution in [3.8, 4) is 11.3 Å². The van der Waals surface area contributed by atoms with Gasteiger partial charge in [0.25, 0.3) is 11.2 Å². The third-order valence-electron chi connectivity index (χ3n) is 6.82. The van der Waals surface area contributed by atoms with E-state index in [1.165, 1.54) is 22.8 Å². The summed E-state index contributed by atoms with van der Waals surface area (Å²) in [4.78, 5) is 43.5. The molecule has 1 aliphatic rings. The highest BCUT2D eigenvalue weighted by atomic mass is 35.5. The van der Waals surface area contributed by atoms with Crippen molar-refractivity contribution in [2.24, 2.45) is 4.99 Å². The minimum absolute atomic E-state index is 0.127. The monoisotopic (exact) mass is 611 g/mol. The Labute approximate surface area is 253 Å². The summed E-state index contributed by atoms with van der Waals surface area (Å²) in [5.41, 5.74) is 2.00. The maximum Gasteiger partial charge on any atom is 0.338 e. The summed E-state index contributed by atoms with van der Waals surface area (Å²) in [7, 11) is 0. The molecule has 0 aliphatic carbocycles. The number of thiazole rings is 1. The molecule has 214 valence electrons. The number of fused-ring (bicyclic) bond motifs is 1. The third kappa shape index (κ3) is 5.33. The van der Waals surface area contributed by atoms with Crippen LogP contribution in [0, 0.1) is 10.1 Å². The van der Waals surface area contributed by atoms with E-state index in [4.69, 9.17) is 25.7 Å². The summed E-state index contributed by atoms with van der Waals surface area (Å²) in [5.74, 6) is 0.0931. The number of halogens is 1. The van der Waals surface area contributed by atoms with E-state index in [-0.39, 0.29) is 28.4 Å². The highest BCUT2D eigenvalue weighted by molar-refractivity contribution is 7.07. The molecule has 0 saturated heterocycles. The van der Waals surface area contributed by atoms with Gasteiger partial charge in [-0.1, -0.05) is 83.6 Å². The molecule has 0 amide bonds. The second-order valence-corrected chi connectivity index (χ2v) is 10.9. The molecule has 11 heteroatoms. The Morgan fingerprint density at radius 1 is 1.09 bits per heavy atom. The van der Waals surface area contributed by atoms with Crippen LogP contribution in [0.3, 0.4) is 0 Å². The number of nitro groups is 1. The Balaban J connectivity index is 1.53. The van der Waals surface area contributed by atoms with Crippen LogP contribution in [0.15, 0.2) is 111 Å². The number of ether oxygens (including phenoxy) is 1. The Morgan fingerprint density at radius 2 is 1.81 bits per heavy atom. The zero-order valence-electron chi connectivity index (χ0n) is 22.6. The van der Waals surface area contributed by atoms with Crippen LogP contribution >= 0.6 is 22.9 Å². The number of furan rings is 1. The van der Waals surface area contributed by atoms with Crippen LogP contribution in [0.4, 0.5) is 5.69 Å². The van der Waals surface area contributed by atoms with Crippen molar-refractivity contribution in [2.45, 2.75) is 13.0 Å². The summed E-state index contributed by atoms with van der Waals surface area (Å²) >= 11 is 7.46. The van der Waals surface area contributed by atoms with Gasteiger partial charge in [0.1, 0.15) is 11.5 Å². The first-order valence-electron chi connectivity index (χ1n) is 13.2. The van der Waals surface area contributed by atoms with Gasteiger partial charge in [-0.05, 0) is 30.7 Å². The lowest BCUT2D eigenvalue weighted by Crippen LogP contribution is -2.39. The summed E-state index contributed by atoms with van der Waals surface area (Å²) in [6.07, 6.45) is 1.58. The van der Waals surface area contributed by atoms with E-state index in [2.05, 4.69) is 0 Å². The summed E-state index contributed by atoms with van der Waals surface area (Å²) in [6, 6.07) is 25.2. The Kier molecular flexibility index (Phi) is 7.62. The second kappa shape index (κ2) is 11.7. The molecule has 0 bridgehead atoms. The maximum absolute atomic E-state index is 14.0. The number of hydrogen-bond donors (Lipinski definition) is 0. The van der Waals surface area contributed by atoms with Crippen LogP contribution in [0.5, 0.6) is 0 Å². The molecule has 0 N–H and O–H groups in total. The number of nitro benzene ring substituents is 1. The normalized spacial score (nSPS) is 14.7. The van der Waals surface area contributed by atoms with Crippen molar-refractivity contribution in [1.29, 1.82) is 0 Å². The Hall–Kier alpha value is -5.06. The molecule has 5 aromatic rings. The van der Waals surface area contributed by atoms with Crippen LogP contribution in [-0.2, 0) is 9.53 Å². The molecular weight excluding hydrogens is 590 g/mol. The smallest absolute Gasteiger partial charge is 0.338 e. The van der Waals surface area contributed by atoms with Crippen molar-refractivity contribution in [2.75, 3.05) is 6.61 Å². The molecule has 3 aromatic carbocycles. The third-order valence-corrected chi connectivity index (χ3v) is 8.13. The van der Waals surface area contributed by atoms with Crippen LogP contribution in [0.25, 0.3) is 23.1 Å². The van der Waals surface area contributed by atoms with E-state index in [9.17, 15) is 19.7 Å². The van der Waals surface area contributed by atoms with Crippen molar-refractivity contribution in [3.63, 3.8) is 0 Å². The van der Waals surface area contributed by atoms with Crippen LogP contribution in [-0.4, -0.2) is 22.1 Å². The van der Waals surface area contributed by atoms with Gasteiger partial charge in [0.05, 0.1) is 38.4 Å². The highest BCUT2D eigenvalue weighted by Gasteiger charge is 2.35. The number of benzene rings is 3. The summed E-state index contributed by atoms with van der Waals surface area (Å²) in [5, 5.41) is 11.6. The van der Waals surface area contributed by atoms with E-state index in [0.717, 1.165) is 16.9 Å². The van der Waals surface area contributed by atoms with E-state index in [1.54, 1.807) is 25.1 Å². The number of rotatable bonds is 7. The molecule has 9 nitrogen and oxygen atoms in total. The molecule has 0 saturated carbocycles. The van der Waals surface area contributed by atoms with Crippen LogP contribution in [0.2, 0.25) is 5.02 Å². The number of esters is 1. The lowest BCUT2D eigenvalue weighted by molar-refractivity contribution is -0.384. The molecule has 43 heavy (non-hydrogen) atoms. The van der Waals surface area contributed by atoms with Crippen molar-refractivity contribution >= 4 is 46.4 Å². The average Bonchev–Trinajstić information content (AvgIpc) is 3.61. The fourth-order valence-electron chi connectivity index (χ4n) is 4.91. The molecule has 1 atom stereocenters. The van der Waals surface area contributed by atoms with E-state index in [0.29, 0.717) is 37.7 Å². The van der Waals surface area contributed by atoms with Gasteiger partial charge < -0.3 is 9.15 Å². The van der Waals surface area contributed by atoms with Gasteiger partial charge in [-0.25, -0.2) is 9.79 Å². The standard InChI is InChI=1S/C32H22ClN3O6S/c1-2-41-31(38)27-28(19-9-5-3-6-10-19)34-32-35(29(27)20-11-7-4-8-12-20)30(37)26(43-32)18-22-14-16-25(42-22)23-17-21(36(39)40)13-15-24(23)33/h3-18,29H,2H2,1H3/b26-18+. The molecule has 0 spiro atoms. The minimum Gasteiger partial charge on any atom is -0.463 e. The molecule has 2 aromatic heterocycles. The lowest BCUT2D eigenvalue weighted by Gasteiger charge is -2.25. The van der Waals surface area contributed by atoms with Gasteiger partial charge in [0.2, 0.25) is 0 Å². The van der Waals surface area contributed by atoms with E-state index >= 15 is 0 Å². The molecule has 1 unspecified atom stereocenters. The molecule has 6 rings (SSSR count). The predicted octanol–water partition coefficient (Wildman–Crippen LogP) is 5.76. The van der Waals surface area contributed by atoms with Gasteiger partial charge in [0, 0.05) is 29.3 Å². The SMILES string of the molecule is CCOC(=O)C1=C(c2ccccc2)N=c2s/c(=C/c3ccc(-c4cc([N+](=O)[O-])ccc4Cl)o3)c(=O)n2C1c1ccccc1. The molecule has 3 heterocycles. The number of hydrogen-bond acceptors (Lipinski definition) is 8. The first kappa shape index (κ1) is 28.1. The fourth-order valence-corrected chi connectivity index (χ4v) is 6.10. The van der Waals surface area contributed by atoms with Gasteiger partial charge in [-0.3, -0.25) is 19.5 Å². The van der Waals surface area contributed by atoms with Gasteiger partial charge in [-0.15, -0.1) is 0 Å². The molecule has 1 aliphatic heterocycles. The zero-order valence-corrected chi connectivity index (χ0v) is 24.2. The Morgan fingerprint density at radius 3 is 2.51 bits per heavy atom. The lowest BCUT2D eigenvalue weighted by atomic mass is 9.93. The summed E-state index contributed by atoms with van der Waals surface area (Å²) < 4.78 is 13.3. The molecule has 0 fully saturated rings. The van der Waals surface area contributed by atoms with Crippen LogP contribution in [0.1, 0.15) is 29.9 Å². The summed E-state index contributed by atoms with van der Waals surface area (Å²) in [6.45, 7) is 1.89. The van der Waals surface area contributed by atoms with Crippen molar-refractivity contribution in [3.05, 3.63) is 148 Å². The first-order chi connectivity index (χ1) is 20.9. The second-order valence-electron chi connectivity index (χ2n) is 9.47. The number of non-ortho nitro benzene ring substituents is 1. The Bertz CT molecular complexity index is 2080. The maximum atomic E-state index is 14.0. The largest absolute Gasteiger partial charge is 0.463 e. The van der Waals surface area contributed by atoms with Crippen molar-refractivity contribution < 1.29 is 18.9 Å². The number of carbonyl (C=O) groups excluding carboxylic acids is 1. The van der Waals surface area contributed by atoms with Gasteiger partial charge in [0.15, 0.2) is 4.80 Å². The van der Waals surface area contributed by atoms with Crippen molar-refractivity contribution in [1.82, 2.24) is 4.57 Å². The topological polar surface area (TPSA) is 117 Å². The fraction of sp³-hybridized carbons (Fsp3) is 0.0938. The quantitative estimate of drug-likeness (QED) is 0.131. The van der Waals surface area contributed by atoms with Gasteiger partial charge >= 0.3 is 5.97 Å². The predicted molar refractivity (Wildman–Crippen MR) is 163 cm³/mol. The van der Waals surface area contributed by atoms with E-state index in [1.807, 2.05) is 60.7 Å². The average molecular weight is 612 g/mol. The first-order valence-corrected chi connectivity index (χ1v) is 14.4. The number of aromatic nitrogens is 1. The number of nitrogens with zero attached hydrogens (tertiary/aromatic N) is 3. The number of carbonyl (C=O) groups is 1. The zero-order chi connectivity index (χ0) is 30.1. The molecule has 0 radical (unpaired) electrons.